The minimum absolute atomic E-state index is 0.152. The summed E-state index contributed by atoms with van der Waals surface area (Å²) in [6.45, 7) is 4.03. The summed E-state index contributed by atoms with van der Waals surface area (Å²) in [5.41, 5.74) is 2.98. The zero-order valence-electron chi connectivity index (χ0n) is 9.97. The molecule has 16 heavy (non-hydrogen) atoms. The Morgan fingerprint density at radius 3 is 2.50 bits per heavy atom. The van der Waals surface area contributed by atoms with Gasteiger partial charge in [-0.15, -0.1) is 0 Å². The van der Waals surface area contributed by atoms with Gasteiger partial charge in [-0.3, -0.25) is 4.79 Å². The van der Waals surface area contributed by atoms with Crippen LogP contribution in [0.3, 0.4) is 0 Å². The summed E-state index contributed by atoms with van der Waals surface area (Å²) in [6.07, 6.45) is 1.42. The Kier molecular flexibility index (Phi) is 5.00. The van der Waals surface area contributed by atoms with Crippen LogP contribution >= 0.6 is 15.9 Å². The number of ketones is 1. The van der Waals surface area contributed by atoms with Gasteiger partial charge in [-0.25, -0.2) is 0 Å². The maximum atomic E-state index is 11.9. The standard InChI is InChI=1S/C13H17BrO2/c1-9-7-11(12(15)5-4-6-14)13(16-3)8-10(9)2/h7-8H,4-6H2,1-3H3. The van der Waals surface area contributed by atoms with Crippen LogP contribution in [0.4, 0.5) is 0 Å². The Labute approximate surface area is 105 Å². The smallest absolute Gasteiger partial charge is 0.166 e. The second kappa shape index (κ2) is 6.04. The monoisotopic (exact) mass is 284 g/mol. The number of aryl methyl sites for hydroxylation is 2. The van der Waals surface area contributed by atoms with E-state index in [9.17, 15) is 4.79 Å². The lowest BCUT2D eigenvalue weighted by atomic mass is 10.00. The van der Waals surface area contributed by atoms with Gasteiger partial charge < -0.3 is 4.74 Å². The second-order valence-electron chi connectivity index (χ2n) is 3.85. The van der Waals surface area contributed by atoms with Crippen molar-refractivity contribution in [1.29, 1.82) is 0 Å². The van der Waals surface area contributed by atoms with Gasteiger partial charge in [0, 0.05) is 11.8 Å². The van der Waals surface area contributed by atoms with Crippen molar-refractivity contribution in [2.24, 2.45) is 0 Å². The van der Waals surface area contributed by atoms with Crippen molar-refractivity contribution in [2.75, 3.05) is 12.4 Å². The number of Topliss-reactive ketones (excluding diaryl/α,β-unsaturated/α-hetero) is 1. The fraction of sp³-hybridized carbons (Fsp3) is 0.462. The average molecular weight is 285 g/mol. The van der Waals surface area contributed by atoms with E-state index >= 15 is 0 Å². The molecule has 0 aromatic heterocycles. The van der Waals surface area contributed by atoms with Gasteiger partial charge in [0.1, 0.15) is 5.75 Å². The molecule has 0 N–H and O–H groups in total. The third-order valence-electron chi connectivity index (χ3n) is 2.65. The van der Waals surface area contributed by atoms with Gasteiger partial charge in [-0.1, -0.05) is 15.9 Å². The third kappa shape index (κ3) is 3.08. The molecule has 0 saturated heterocycles. The molecule has 88 valence electrons. The first kappa shape index (κ1) is 13.2. The van der Waals surface area contributed by atoms with Crippen molar-refractivity contribution >= 4 is 21.7 Å². The quantitative estimate of drug-likeness (QED) is 0.609. The van der Waals surface area contributed by atoms with Gasteiger partial charge in [0.15, 0.2) is 5.78 Å². The lowest BCUT2D eigenvalue weighted by Gasteiger charge is -2.10. The lowest BCUT2D eigenvalue weighted by molar-refractivity contribution is 0.0979. The van der Waals surface area contributed by atoms with Crippen molar-refractivity contribution in [1.82, 2.24) is 0 Å². The predicted molar refractivity (Wildman–Crippen MR) is 69.8 cm³/mol. The molecule has 0 aliphatic rings. The van der Waals surface area contributed by atoms with E-state index in [0.29, 0.717) is 17.7 Å². The molecule has 0 bridgehead atoms. The first-order chi connectivity index (χ1) is 7.60. The van der Waals surface area contributed by atoms with Crippen LogP contribution in [0.1, 0.15) is 34.3 Å². The van der Waals surface area contributed by atoms with Gasteiger partial charge in [0.2, 0.25) is 0 Å². The molecular weight excluding hydrogens is 268 g/mol. The van der Waals surface area contributed by atoms with Gasteiger partial charge in [0.05, 0.1) is 12.7 Å². The fourth-order valence-electron chi connectivity index (χ4n) is 1.54. The summed E-state index contributed by atoms with van der Waals surface area (Å²) < 4.78 is 5.25. The molecule has 0 unspecified atom stereocenters. The molecule has 0 atom stereocenters. The van der Waals surface area contributed by atoms with E-state index in [1.54, 1.807) is 7.11 Å². The van der Waals surface area contributed by atoms with Gasteiger partial charge >= 0.3 is 0 Å². The van der Waals surface area contributed by atoms with E-state index in [2.05, 4.69) is 15.9 Å². The molecule has 0 fully saturated rings. The zero-order valence-corrected chi connectivity index (χ0v) is 11.6. The number of halogens is 1. The number of ether oxygens (including phenoxy) is 1. The highest BCUT2D eigenvalue weighted by atomic mass is 79.9. The topological polar surface area (TPSA) is 26.3 Å². The number of methoxy groups -OCH3 is 1. The lowest BCUT2D eigenvalue weighted by Crippen LogP contribution is -2.04. The van der Waals surface area contributed by atoms with Crippen molar-refractivity contribution < 1.29 is 9.53 Å². The van der Waals surface area contributed by atoms with Gasteiger partial charge in [-0.2, -0.15) is 0 Å². The highest BCUT2D eigenvalue weighted by Crippen LogP contribution is 2.24. The van der Waals surface area contributed by atoms with Crippen molar-refractivity contribution in [2.45, 2.75) is 26.7 Å². The molecule has 1 rings (SSSR count). The summed E-state index contributed by atoms with van der Waals surface area (Å²) in [5, 5.41) is 0.853. The first-order valence-electron chi connectivity index (χ1n) is 5.34. The molecule has 0 heterocycles. The Bertz CT molecular complexity index is 386. The number of hydrogen-bond acceptors (Lipinski definition) is 2. The van der Waals surface area contributed by atoms with Gasteiger partial charge in [-0.05, 0) is 43.5 Å². The van der Waals surface area contributed by atoms with E-state index in [1.165, 1.54) is 0 Å². The van der Waals surface area contributed by atoms with E-state index in [1.807, 2.05) is 26.0 Å². The SMILES string of the molecule is COc1cc(C)c(C)cc1C(=O)CCCBr. The predicted octanol–water partition coefficient (Wildman–Crippen LogP) is 3.67. The maximum absolute atomic E-state index is 11.9. The summed E-state index contributed by atoms with van der Waals surface area (Å²) in [4.78, 5) is 11.9. The minimum atomic E-state index is 0.152. The minimum Gasteiger partial charge on any atom is -0.496 e. The van der Waals surface area contributed by atoms with Crippen molar-refractivity contribution in [3.05, 3.63) is 28.8 Å². The maximum Gasteiger partial charge on any atom is 0.166 e. The van der Waals surface area contributed by atoms with E-state index in [4.69, 9.17) is 4.74 Å². The molecular formula is C13H17BrO2. The molecule has 1 aromatic carbocycles. The van der Waals surface area contributed by atoms with Crippen LogP contribution in [-0.4, -0.2) is 18.2 Å². The number of hydrogen-bond donors (Lipinski definition) is 0. The van der Waals surface area contributed by atoms with E-state index < -0.39 is 0 Å². The molecule has 0 spiro atoms. The summed E-state index contributed by atoms with van der Waals surface area (Å²) in [6, 6.07) is 3.85. The molecule has 2 nitrogen and oxygen atoms in total. The van der Waals surface area contributed by atoms with E-state index in [-0.39, 0.29) is 5.78 Å². The summed E-state index contributed by atoms with van der Waals surface area (Å²) >= 11 is 3.33. The average Bonchev–Trinajstić information content (AvgIpc) is 2.28. The Balaban J connectivity index is 3.02. The third-order valence-corrected chi connectivity index (χ3v) is 3.21. The molecule has 0 amide bonds. The number of rotatable bonds is 5. The summed E-state index contributed by atoms with van der Waals surface area (Å²) in [7, 11) is 1.60. The van der Waals surface area contributed by atoms with Crippen LogP contribution in [0, 0.1) is 13.8 Å². The normalized spacial score (nSPS) is 10.2. The van der Waals surface area contributed by atoms with Crippen molar-refractivity contribution in [3.63, 3.8) is 0 Å². The Morgan fingerprint density at radius 1 is 1.31 bits per heavy atom. The molecule has 0 aliphatic heterocycles. The molecule has 0 radical (unpaired) electrons. The summed E-state index contributed by atoms with van der Waals surface area (Å²) in [5.74, 6) is 0.835. The molecule has 0 saturated carbocycles. The zero-order chi connectivity index (χ0) is 12.1. The number of benzene rings is 1. The fourth-order valence-corrected chi connectivity index (χ4v) is 1.82. The van der Waals surface area contributed by atoms with Crippen LogP contribution in [0.25, 0.3) is 0 Å². The molecule has 1 aromatic rings. The molecule has 0 aliphatic carbocycles. The van der Waals surface area contributed by atoms with E-state index in [0.717, 1.165) is 22.9 Å². The Hall–Kier alpha value is -0.830. The number of carbonyl (C=O) groups excluding carboxylic acids is 1. The first-order valence-corrected chi connectivity index (χ1v) is 6.46. The number of alkyl halides is 1. The highest BCUT2D eigenvalue weighted by Gasteiger charge is 2.13. The van der Waals surface area contributed by atoms with Gasteiger partial charge in [0.25, 0.3) is 0 Å². The van der Waals surface area contributed by atoms with Crippen molar-refractivity contribution in [3.8, 4) is 5.75 Å². The number of carbonyl (C=O) groups is 1. The van der Waals surface area contributed by atoms with Crippen LogP contribution in [0.15, 0.2) is 12.1 Å². The molecule has 3 heteroatoms. The Morgan fingerprint density at radius 2 is 1.94 bits per heavy atom. The van der Waals surface area contributed by atoms with Crippen LogP contribution in [0.5, 0.6) is 5.75 Å². The van der Waals surface area contributed by atoms with Crippen LogP contribution in [-0.2, 0) is 0 Å². The highest BCUT2D eigenvalue weighted by molar-refractivity contribution is 9.09. The van der Waals surface area contributed by atoms with Crippen LogP contribution in [0.2, 0.25) is 0 Å². The second-order valence-corrected chi connectivity index (χ2v) is 4.65. The largest absolute Gasteiger partial charge is 0.496 e. The van der Waals surface area contributed by atoms with Crippen LogP contribution < -0.4 is 4.74 Å².